The van der Waals surface area contributed by atoms with E-state index in [1.165, 1.54) is 6.92 Å². The van der Waals surface area contributed by atoms with Crippen molar-refractivity contribution in [3.63, 3.8) is 0 Å². The molecule has 0 bridgehead atoms. The van der Waals surface area contributed by atoms with E-state index in [1.807, 2.05) is 37.3 Å². The quantitative estimate of drug-likeness (QED) is 0.294. The molecule has 0 N–H and O–H groups in total. The molecule has 0 spiro atoms. The van der Waals surface area contributed by atoms with Crippen molar-refractivity contribution in [2.24, 2.45) is 0 Å². The molecule has 5 rings (SSSR count). The number of piperidine rings is 1. The Labute approximate surface area is 218 Å². The number of hydrogen-bond donors (Lipinski definition) is 0. The van der Waals surface area contributed by atoms with Crippen LogP contribution >= 0.6 is 0 Å². The first kappa shape index (κ1) is 24.9. The fourth-order valence-corrected chi connectivity index (χ4v) is 5.65. The number of likely N-dealkylation sites (tertiary alicyclic amines) is 1. The van der Waals surface area contributed by atoms with Crippen LogP contribution in [0, 0.1) is 6.92 Å². The average molecular weight is 496 g/mol. The molecule has 2 heterocycles. The fourth-order valence-electron chi connectivity index (χ4n) is 5.65. The molecular weight excluding hydrogens is 462 g/mol. The Bertz CT molecular complexity index is 1260. The molecule has 0 aliphatic carbocycles. The van der Waals surface area contributed by atoms with Crippen LogP contribution in [0.1, 0.15) is 54.7 Å². The highest BCUT2D eigenvalue weighted by Crippen LogP contribution is 2.43. The molecule has 6 heteroatoms. The van der Waals surface area contributed by atoms with E-state index >= 15 is 0 Å². The highest BCUT2D eigenvalue weighted by Gasteiger charge is 2.43. The minimum Gasteiger partial charge on any atom is -0.454 e. The van der Waals surface area contributed by atoms with Gasteiger partial charge in [-0.3, -0.25) is 4.79 Å². The normalized spacial score (nSPS) is 15.8. The van der Waals surface area contributed by atoms with Crippen LogP contribution in [0.4, 0.5) is 0 Å². The van der Waals surface area contributed by atoms with Gasteiger partial charge < -0.3 is 14.1 Å². The number of hydrogen-bond acceptors (Lipinski definition) is 6. The fraction of sp³-hybridized carbons (Fsp3) is 0.323. The molecule has 1 fully saturated rings. The van der Waals surface area contributed by atoms with Gasteiger partial charge in [-0.25, -0.2) is 0 Å². The van der Waals surface area contributed by atoms with Crippen molar-refractivity contribution in [2.75, 3.05) is 19.6 Å². The van der Waals surface area contributed by atoms with Crippen LogP contribution in [-0.2, 0) is 20.5 Å². The Hall–Kier alpha value is -3.77. The van der Waals surface area contributed by atoms with Crippen LogP contribution < -0.4 is 0 Å². The number of nitrogens with zero attached hydrogens (tertiary/aromatic N) is 3. The van der Waals surface area contributed by atoms with Crippen molar-refractivity contribution in [2.45, 2.75) is 44.1 Å². The summed E-state index contributed by atoms with van der Waals surface area (Å²) in [4.78, 5) is 14.5. The van der Waals surface area contributed by atoms with Gasteiger partial charge >= 0.3 is 5.97 Å². The molecule has 1 aliphatic rings. The van der Waals surface area contributed by atoms with Crippen molar-refractivity contribution in [3.8, 4) is 0 Å². The molecule has 1 aromatic heterocycles. The summed E-state index contributed by atoms with van der Waals surface area (Å²) in [6.45, 7) is 5.81. The largest absolute Gasteiger partial charge is 0.454 e. The Morgan fingerprint density at radius 3 is 1.92 bits per heavy atom. The third-order valence-electron chi connectivity index (χ3n) is 7.53. The van der Waals surface area contributed by atoms with Gasteiger partial charge in [-0.2, -0.15) is 0 Å². The molecule has 0 amide bonds. The lowest BCUT2D eigenvalue weighted by molar-refractivity contribution is -0.164. The molecular formula is C31H33N3O3. The molecule has 0 unspecified atom stereocenters. The second kappa shape index (κ2) is 10.7. The second-order valence-electron chi connectivity index (χ2n) is 9.81. The number of esters is 1. The van der Waals surface area contributed by atoms with E-state index in [0.717, 1.165) is 55.6 Å². The van der Waals surface area contributed by atoms with Gasteiger partial charge in [-0.15, -0.1) is 10.2 Å². The average Bonchev–Trinajstić information content (AvgIpc) is 3.38. The molecule has 0 radical (unpaired) electrons. The van der Waals surface area contributed by atoms with Gasteiger partial charge in [0.05, 0.1) is 5.41 Å². The maximum atomic E-state index is 12.0. The Balaban J connectivity index is 1.43. The molecule has 1 aliphatic heterocycles. The number of ether oxygens (including phenoxy) is 1. The van der Waals surface area contributed by atoms with E-state index < -0.39 is 11.0 Å². The predicted molar refractivity (Wildman–Crippen MR) is 142 cm³/mol. The van der Waals surface area contributed by atoms with Crippen molar-refractivity contribution >= 4 is 5.97 Å². The van der Waals surface area contributed by atoms with Gasteiger partial charge in [-0.1, -0.05) is 91.0 Å². The summed E-state index contributed by atoms with van der Waals surface area (Å²) >= 11 is 0. The number of rotatable bonds is 8. The van der Waals surface area contributed by atoms with E-state index in [-0.39, 0.29) is 5.97 Å². The van der Waals surface area contributed by atoms with Crippen LogP contribution in [0.5, 0.6) is 0 Å². The summed E-state index contributed by atoms with van der Waals surface area (Å²) in [5, 5.41) is 8.74. The summed E-state index contributed by atoms with van der Waals surface area (Å²) < 4.78 is 12.1. The van der Waals surface area contributed by atoms with Crippen LogP contribution in [-0.4, -0.2) is 40.7 Å². The molecule has 3 aromatic carbocycles. The first-order valence-corrected chi connectivity index (χ1v) is 12.9. The minimum absolute atomic E-state index is 0.240. The van der Waals surface area contributed by atoms with Gasteiger partial charge in [0, 0.05) is 39.8 Å². The number of aromatic nitrogens is 2. The zero-order chi connectivity index (χ0) is 25.7. The minimum atomic E-state index is -0.580. The van der Waals surface area contributed by atoms with Crippen molar-refractivity contribution in [3.05, 3.63) is 119 Å². The van der Waals surface area contributed by atoms with Crippen LogP contribution in [0.15, 0.2) is 95.4 Å². The molecule has 190 valence electrons. The smallest absolute Gasteiger partial charge is 0.303 e. The maximum Gasteiger partial charge on any atom is 0.303 e. The summed E-state index contributed by atoms with van der Waals surface area (Å²) in [5.74, 6) is 0.924. The van der Waals surface area contributed by atoms with Crippen molar-refractivity contribution < 1.29 is 13.9 Å². The van der Waals surface area contributed by atoms with E-state index in [4.69, 9.17) is 9.15 Å². The lowest BCUT2D eigenvalue weighted by Crippen LogP contribution is -2.46. The molecule has 1 saturated heterocycles. The Kier molecular flexibility index (Phi) is 7.19. The van der Waals surface area contributed by atoms with Gasteiger partial charge in [-0.05, 0) is 29.7 Å². The Morgan fingerprint density at radius 2 is 1.43 bits per heavy atom. The zero-order valence-electron chi connectivity index (χ0n) is 21.5. The second-order valence-corrected chi connectivity index (χ2v) is 9.81. The summed E-state index contributed by atoms with van der Waals surface area (Å²) in [6, 6.07) is 31.0. The molecule has 6 nitrogen and oxygen atoms in total. The van der Waals surface area contributed by atoms with Crippen LogP contribution in [0.25, 0.3) is 0 Å². The zero-order valence-corrected chi connectivity index (χ0v) is 21.5. The summed E-state index contributed by atoms with van der Waals surface area (Å²) in [6.07, 6.45) is 2.27. The van der Waals surface area contributed by atoms with Crippen molar-refractivity contribution in [1.82, 2.24) is 15.1 Å². The van der Waals surface area contributed by atoms with Gasteiger partial charge in [0.1, 0.15) is 5.60 Å². The SMILES string of the molecule is CC(=O)OC1(c2ccccc2)CCN(CCC(c2ccccc2)(c2ccccc2)c2nnc(C)o2)CC1. The summed E-state index contributed by atoms with van der Waals surface area (Å²) in [7, 11) is 0. The number of carbonyl (C=O) groups excluding carboxylic acids is 1. The van der Waals surface area contributed by atoms with Crippen molar-refractivity contribution in [1.29, 1.82) is 0 Å². The highest BCUT2D eigenvalue weighted by atomic mass is 16.6. The number of carbonyl (C=O) groups is 1. The Morgan fingerprint density at radius 1 is 0.892 bits per heavy atom. The van der Waals surface area contributed by atoms with Crippen LogP contribution in [0.3, 0.4) is 0 Å². The monoisotopic (exact) mass is 495 g/mol. The van der Waals surface area contributed by atoms with E-state index in [0.29, 0.717) is 11.8 Å². The van der Waals surface area contributed by atoms with Gasteiger partial charge in [0.2, 0.25) is 11.8 Å². The predicted octanol–water partition coefficient (Wildman–Crippen LogP) is 5.66. The van der Waals surface area contributed by atoms with Gasteiger partial charge in [0.15, 0.2) is 0 Å². The highest BCUT2D eigenvalue weighted by molar-refractivity contribution is 5.67. The van der Waals surface area contributed by atoms with Crippen LogP contribution in [0.2, 0.25) is 0 Å². The third-order valence-corrected chi connectivity index (χ3v) is 7.53. The first-order valence-electron chi connectivity index (χ1n) is 12.9. The molecule has 0 saturated carbocycles. The standard InChI is InChI=1S/C31H33N3O3/c1-24-32-33-29(36-24)31(27-14-8-4-9-15-27,28-16-10-5-11-17-28)20-23-34-21-18-30(19-22-34,37-25(2)35)26-12-6-3-7-13-26/h3-17H,18-23H2,1-2H3. The maximum absolute atomic E-state index is 12.0. The van der Waals surface area contributed by atoms with E-state index in [2.05, 4.69) is 75.8 Å². The lowest BCUT2D eigenvalue weighted by atomic mass is 9.71. The summed E-state index contributed by atoms with van der Waals surface area (Å²) in [5.41, 5.74) is 2.16. The first-order chi connectivity index (χ1) is 18.0. The number of benzene rings is 3. The molecule has 0 atom stereocenters. The number of aryl methyl sites for hydroxylation is 1. The van der Waals surface area contributed by atoms with E-state index in [1.54, 1.807) is 0 Å². The van der Waals surface area contributed by atoms with Gasteiger partial charge in [0.25, 0.3) is 0 Å². The topological polar surface area (TPSA) is 68.5 Å². The van der Waals surface area contributed by atoms with E-state index in [9.17, 15) is 4.79 Å². The molecule has 37 heavy (non-hydrogen) atoms. The lowest BCUT2D eigenvalue weighted by Gasteiger charge is -2.42. The third kappa shape index (κ3) is 5.07. The molecule has 4 aromatic rings.